The molecule has 0 aromatic carbocycles. The molecule has 2 N–H and O–H groups in total. The number of nitrogens with one attached hydrogen (secondary N) is 2. The van der Waals surface area contributed by atoms with Crippen molar-refractivity contribution in [2.24, 2.45) is 0 Å². The molecule has 0 radical (unpaired) electrons. The van der Waals surface area contributed by atoms with Gasteiger partial charge in [-0.2, -0.15) is 9.97 Å². The largest absolute Gasteiger partial charge is 0.467 e. The predicted molar refractivity (Wildman–Crippen MR) is 79.3 cm³/mol. The van der Waals surface area contributed by atoms with Gasteiger partial charge in [-0.05, 0) is 36.6 Å². The second-order valence-electron chi connectivity index (χ2n) is 5.22. The highest BCUT2D eigenvalue weighted by Crippen LogP contribution is 2.36. The quantitative estimate of drug-likeness (QED) is 0.721. The van der Waals surface area contributed by atoms with Crippen LogP contribution in [0.2, 0.25) is 5.28 Å². The summed E-state index contributed by atoms with van der Waals surface area (Å²) in [5, 5.41) is 3.41. The van der Waals surface area contributed by atoms with Crippen molar-refractivity contribution in [3.05, 3.63) is 35.3 Å². The Kier molecular flexibility index (Phi) is 3.03. The standard InChI is InChI=1S/C14H14ClN5O/c15-14-19-12(16-7-9-5-2-6-21-9)10-13(20-14)18-11(17-10)8-3-1-4-8/h2,5-6,8H,1,3-4,7H2,(H2,16,17,18,19,20). The van der Waals surface area contributed by atoms with E-state index in [9.17, 15) is 0 Å². The molecule has 0 unspecified atom stereocenters. The Hall–Kier alpha value is -2.08. The number of hydrogen-bond donors (Lipinski definition) is 2. The van der Waals surface area contributed by atoms with E-state index in [2.05, 4.69) is 25.3 Å². The fraction of sp³-hybridized carbons (Fsp3) is 0.357. The molecule has 1 fully saturated rings. The van der Waals surface area contributed by atoms with Crippen LogP contribution in [0.15, 0.2) is 22.8 Å². The maximum atomic E-state index is 5.98. The summed E-state index contributed by atoms with van der Waals surface area (Å²) in [5.74, 6) is 2.97. The number of rotatable bonds is 4. The van der Waals surface area contributed by atoms with Crippen LogP contribution in [0, 0.1) is 0 Å². The van der Waals surface area contributed by atoms with Gasteiger partial charge in [0.25, 0.3) is 0 Å². The van der Waals surface area contributed by atoms with Gasteiger partial charge in [-0.15, -0.1) is 0 Å². The van der Waals surface area contributed by atoms with Gasteiger partial charge in [0.15, 0.2) is 11.5 Å². The van der Waals surface area contributed by atoms with Crippen molar-refractivity contribution >= 4 is 28.6 Å². The van der Waals surface area contributed by atoms with Crippen molar-refractivity contribution in [3.8, 4) is 0 Å². The van der Waals surface area contributed by atoms with Crippen molar-refractivity contribution < 1.29 is 4.42 Å². The Labute approximate surface area is 126 Å². The van der Waals surface area contributed by atoms with Gasteiger partial charge in [0.05, 0.1) is 12.8 Å². The number of aromatic nitrogens is 4. The molecule has 0 bridgehead atoms. The Morgan fingerprint density at radius 1 is 1.33 bits per heavy atom. The second-order valence-corrected chi connectivity index (χ2v) is 5.56. The van der Waals surface area contributed by atoms with Crippen LogP contribution in [0.3, 0.4) is 0 Å². The number of fused-ring (bicyclic) bond motifs is 1. The molecule has 1 aliphatic carbocycles. The van der Waals surface area contributed by atoms with Crippen LogP contribution < -0.4 is 5.32 Å². The molecule has 21 heavy (non-hydrogen) atoms. The average molecular weight is 304 g/mol. The van der Waals surface area contributed by atoms with Crippen LogP contribution in [0.1, 0.15) is 36.8 Å². The molecule has 0 spiro atoms. The topological polar surface area (TPSA) is 79.6 Å². The fourth-order valence-electron chi connectivity index (χ4n) is 2.48. The highest BCUT2D eigenvalue weighted by molar-refractivity contribution is 6.28. The molecule has 6 nitrogen and oxygen atoms in total. The highest BCUT2D eigenvalue weighted by Gasteiger charge is 2.24. The summed E-state index contributed by atoms with van der Waals surface area (Å²) in [7, 11) is 0. The lowest BCUT2D eigenvalue weighted by molar-refractivity contribution is 0.404. The van der Waals surface area contributed by atoms with Crippen LogP contribution in [0.25, 0.3) is 11.2 Å². The molecule has 0 amide bonds. The number of imidazole rings is 1. The van der Waals surface area contributed by atoms with E-state index >= 15 is 0 Å². The zero-order chi connectivity index (χ0) is 14.2. The fourth-order valence-corrected chi connectivity index (χ4v) is 2.64. The molecule has 1 saturated carbocycles. The lowest BCUT2D eigenvalue weighted by atomic mass is 9.85. The summed E-state index contributed by atoms with van der Waals surface area (Å²) in [6.45, 7) is 0.535. The maximum absolute atomic E-state index is 5.98. The SMILES string of the molecule is Clc1nc(NCc2ccco2)c2[nH]c(C3CCC3)nc2n1. The first kappa shape index (κ1) is 12.6. The third kappa shape index (κ3) is 2.35. The van der Waals surface area contributed by atoms with E-state index in [4.69, 9.17) is 16.0 Å². The van der Waals surface area contributed by atoms with Crippen molar-refractivity contribution in [1.29, 1.82) is 0 Å². The van der Waals surface area contributed by atoms with E-state index in [1.54, 1.807) is 6.26 Å². The Morgan fingerprint density at radius 2 is 2.24 bits per heavy atom. The van der Waals surface area contributed by atoms with Crippen LogP contribution in [0.5, 0.6) is 0 Å². The molecule has 3 heterocycles. The van der Waals surface area contributed by atoms with E-state index in [0.29, 0.717) is 23.9 Å². The zero-order valence-electron chi connectivity index (χ0n) is 11.3. The van der Waals surface area contributed by atoms with Gasteiger partial charge >= 0.3 is 0 Å². The first-order valence-electron chi connectivity index (χ1n) is 6.99. The molecule has 0 aliphatic heterocycles. The summed E-state index contributed by atoms with van der Waals surface area (Å²) < 4.78 is 5.30. The first-order valence-corrected chi connectivity index (χ1v) is 7.37. The van der Waals surface area contributed by atoms with Crippen molar-refractivity contribution in [2.45, 2.75) is 31.7 Å². The third-order valence-corrected chi connectivity index (χ3v) is 4.01. The van der Waals surface area contributed by atoms with Crippen molar-refractivity contribution in [1.82, 2.24) is 19.9 Å². The molecular weight excluding hydrogens is 290 g/mol. The summed E-state index contributed by atoms with van der Waals surface area (Å²) in [4.78, 5) is 16.3. The lowest BCUT2D eigenvalue weighted by Crippen LogP contribution is -2.10. The maximum Gasteiger partial charge on any atom is 0.226 e. The molecule has 1 aliphatic rings. The summed E-state index contributed by atoms with van der Waals surface area (Å²) in [6, 6.07) is 3.75. The monoisotopic (exact) mass is 303 g/mol. The van der Waals surface area contributed by atoms with Gasteiger partial charge in [0.1, 0.15) is 17.1 Å². The van der Waals surface area contributed by atoms with Crippen molar-refractivity contribution in [3.63, 3.8) is 0 Å². The predicted octanol–water partition coefficient (Wildman–Crippen LogP) is 3.48. The minimum Gasteiger partial charge on any atom is -0.467 e. The van der Waals surface area contributed by atoms with E-state index in [1.165, 1.54) is 19.3 Å². The molecule has 3 aromatic heterocycles. The number of H-pyrrole nitrogens is 1. The number of anilines is 1. The summed E-state index contributed by atoms with van der Waals surface area (Å²) in [5.41, 5.74) is 1.41. The molecule has 108 valence electrons. The first-order chi connectivity index (χ1) is 10.3. The summed E-state index contributed by atoms with van der Waals surface area (Å²) >= 11 is 5.98. The van der Waals surface area contributed by atoms with Gasteiger partial charge in [-0.25, -0.2) is 4.98 Å². The number of furan rings is 1. The van der Waals surface area contributed by atoms with E-state index in [-0.39, 0.29) is 5.28 Å². The van der Waals surface area contributed by atoms with Gasteiger partial charge in [0, 0.05) is 5.92 Å². The lowest BCUT2D eigenvalue weighted by Gasteiger charge is -2.22. The third-order valence-electron chi connectivity index (χ3n) is 3.84. The molecular formula is C14H14ClN5O. The number of hydrogen-bond acceptors (Lipinski definition) is 5. The second kappa shape index (κ2) is 5.04. The molecule has 4 rings (SSSR count). The smallest absolute Gasteiger partial charge is 0.226 e. The van der Waals surface area contributed by atoms with Crippen LogP contribution in [-0.4, -0.2) is 19.9 Å². The van der Waals surface area contributed by atoms with Gasteiger partial charge < -0.3 is 14.7 Å². The number of aromatic amines is 1. The van der Waals surface area contributed by atoms with E-state index in [0.717, 1.165) is 17.1 Å². The minimum absolute atomic E-state index is 0.191. The molecule has 7 heteroatoms. The van der Waals surface area contributed by atoms with Crippen LogP contribution in [-0.2, 0) is 6.54 Å². The van der Waals surface area contributed by atoms with Gasteiger partial charge in [-0.1, -0.05) is 6.42 Å². The number of halogens is 1. The summed E-state index contributed by atoms with van der Waals surface area (Å²) in [6.07, 6.45) is 5.26. The molecule has 3 aromatic rings. The van der Waals surface area contributed by atoms with E-state index < -0.39 is 0 Å². The van der Waals surface area contributed by atoms with Gasteiger partial charge in [0.2, 0.25) is 5.28 Å². The van der Waals surface area contributed by atoms with Crippen LogP contribution in [0.4, 0.5) is 5.82 Å². The molecule has 0 saturated heterocycles. The Bertz CT molecular complexity index is 763. The number of nitrogens with zero attached hydrogens (tertiary/aromatic N) is 3. The van der Waals surface area contributed by atoms with Crippen molar-refractivity contribution in [2.75, 3.05) is 5.32 Å². The minimum atomic E-state index is 0.191. The van der Waals surface area contributed by atoms with Gasteiger partial charge in [-0.3, -0.25) is 0 Å². The Balaban J connectivity index is 1.67. The Morgan fingerprint density at radius 3 is 2.95 bits per heavy atom. The molecule has 0 atom stereocenters. The highest BCUT2D eigenvalue weighted by atomic mass is 35.5. The zero-order valence-corrected chi connectivity index (χ0v) is 12.0. The van der Waals surface area contributed by atoms with E-state index in [1.807, 2.05) is 12.1 Å². The normalized spacial score (nSPS) is 15.3. The van der Waals surface area contributed by atoms with Crippen LogP contribution >= 0.6 is 11.6 Å². The average Bonchev–Trinajstić information content (AvgIpc) is 3.02.